The molecule has 3 aromatic carbocycles. The van der Waals surface area contributed by atoms with Gasteiger partial charge in [-0.25, -0.2) is 26.0 Å². The predicted octanol–water partition coefficient (Wildman–Crippen LogP) is 5.13. The summed E-state index contributed by atoms with van der Waals surface area (Å²) in [7, 11) is -3.89. The van der Waals surface area contributed by atoms with Gasteiger partial charge in [-0.1, -0.05) is 18.2 Å². The highest BCUT2D eigenvalue weighted by molar-refractivity contribution is 14.2. The van der Waals surface area contributed by atoms with Crippen molar-refractivity contribution in [3.8, 4) is 11.5 Å². The summed E-state index contributed by atoms with van der Waals surface area (Å²) in [5.74, 6) is -7.87. The standard InChI is InChI=1S/C20H13F4IO4S/c1-20(10-6-13(21)18(26)14(22)7-10,11-8-15(23)19(27)16(24)9-11)12-4-2-3-5-17(12)30(25,28)29/h2-9,26-27H,1H3. The molecule has 0 aliphatic carbocycles. The number of halogens is 5. The first kappa shape index (κ1) is 22.3. The average molecular weight is 552 g/mol. The molecule has 0 aromatic heterocycles. The third kappa shape index (κ3) is 3.73. The summed E-state index contributed by atoms with van der Waals surface area (Å²) in [6.45, 7) is 1.32. The summed E-state index contributed by atoms with van der Waals surface area (Å²) in [4.78, 5) is -0.240. The van der Waals surface area contributed by atoms with Crippen LogP contribution in [0.15, 0.2) is 53.4 Å². The van der Waals surface area contributed by atoms with E-state index in [1.54, 1.807) is 0 Å². The Morgan fingerprint density at radius 1 is 0.800 bits per heavy atom. The number of hydrogen-bond acceptors (Lipinski definition) is 4. The molecular formula is C20H13F4IO4S. The molecule has 3 aromatic rings. The molecule has 0 atom stereocenters. The molecule has 0 radical (unpaired) electrons. The Morgan fingerprint density at radius 3 is 1.53 bits per heavy atom. The number of benzene rings is 3. The summed E-state index contributed by atoms with van der Waals surface area (Å²) >= 11 is 1.18. The van der Waals surface area contributed by atoms with E-state index in [0.29, 0.717) is 0 Å². The van der Waals surface area contributed by atoms with Crippen molar-refractivity contribution >= 4 is 28.2 Å². The Balaban J connectivity index is 2.49. The first-order chi connectivity index (χ1) is 13.9. The van der Waals surface area contributed by atoms with Crippen LogP contribution in [0.3, 0.4) is 0 Å². The molecule has 0 unspecified atom stereocenters. The van der Waals surface area contributed by atoms with Gasteiger partial charge >= 0.3 is 0 Å². The Labute approximate surface area is 181 Å². The van der Waals surface area contributed by atoms with Crippen LogP contribution < -0.4 is 0 Å². The summed E-state index contributed by atoms with van der Waals surface area (Å²) in [6.07, 6.45) is 0. The Bertz CT molecular complexity index is 1160. The van der Waals surface area contributed by atoms with E-state index in [4.69, 9.17) is 0 Å². The van der Waals surface area contributed by atoms with Crippen LogP contribution in [0.2, 0.25) is 0 Å². The van der Waals surface area contributed by atoms with Crippen LogP contribution in [-0.4, -0.2) is 18.6 Å². The molecular weight excluding hydrogens is 539 g/mol. The van der Waals surface area contributed by atoms with Crippen molar-refractivity contribution in [3.63, 3.8) is 0 Å². The molecule has 0 spiro atoms. The van der Waals surface area contributed by atoms with Crippen molar-refractivity contribution in [2.45, 2.75) is 17.2 Å². The molecule has 0 heterocycles. The fourth-order valence-corrected chi connectivity index (χ4v) is 5.21. The molecule has 158 valence electrons. The lowest BCUT2D eigenvalue weighted by molar-refractivity contribution is 0.391. The summed E-state index contributed by atoms with van der Waals surface area (Å²) in [6, 6.07) is 8.46. The molecule has 0 amide bonds. The summed E-state index contributed by atoms with van der Waals surface area (Å²) in [5.41, 5.74) is -2.24. The van der Waals surface area contributed by atoms with Crippen molar-refractivity contribution in [2.24, 2.45) is 0 Å². The highest BCUT2D eigenvalue weighted by atomic mass is 127. The molecule has 0 bridgehead atoms. The van der Waals surface area contributed by atoms with Gasteiger partial charge in [0.25, 0.3) is 0 Å². The van der Waals surface area contributed by atoms with Gasteiger partial charge in [0, 0.05) is 5.41 Å². The number of rotatable bonds is 4. The van der Waals surface area contributed by atoms with E-state index < -0.39 is 47.2 Å². The highest BCUT2D eigenvalue weighted by Gasteiger charge is 2.38. The first-order valence-corrected chi connectivity index (χ1v) is 12.3. The van der Waals surface area contributed by atoms with Crippen LogP contribution in [0, 0.1) is 23.3 Å². The first-order valence-electron chi connectivity index (χ1n) is 8.28. The smallest absolute Gasteiger partial charge is 0.231 e. The minimum Gasteiger partial charge on any atom is -0.503 e. The van der Waals surface area contributed by atoms with Gasteiger partial charge in [-0.15, -0.1) is 0 Å². The van der Waals surface area contributed by atoms with Crippen LogP contribution in [0.4, 0.5) is 17.6 Å². The largest absolute Gasteiger partial charge is 0.503 e. The molecule has 0 saturated carbocycles. The van der Waals surface area contributed by atoms with Gasteiger partial charge in [-0.3, -0.25) is 0 Å². The monoisotopic (exact) mass is 552 g/mol. The van der Waals surface area contributed by atoms with Crippen LogP contribution in [0.5, 0.6) is 11.5 Å². The Morgan fingerprint density at radius 2 is 1.17 bits per heavy atom. The average Bonchev–Trinajstić information content (AvgIpc) is 2.68. The van der Waals surface area contributed by atoms with Gasteiger partial charge in [0.2, 0.25) is 7.01 Å². The van der Waals surface area contributed by atoms with Gasteiger partial charge in [-0.05, 0) is 53.9 Å². The molecule has 2 N–H and O–H groups in total. The second-order valence-electron chi connectivity index (χ2n) is 6.64. The summed E-state index contributed by atoms with van der Waals surface area (Å²) in [5, 5.41) is 18.9. The molecule has 30 heavy (non-hydrogen) atoms. The van der Waals surface area contributed by atoms with E-state index in [1.807, 2.05) is 0 Å². The second kappa shape index (κ2) is 7.73. The zero-order valence-electron chi connectivity index (χ0n) is 15.1. The Kier molecular flexibility index (Phi) is 5.76. The quantitative estimate of drug-likeness (QED) is 0.204. The number of hydrogen-bond donors (Lipinski definition) is 2. The third-order valence-corrected chi connectivity index (χ3v) is 7.18. The normalized spacial score (nSPS) is 12.2. The van der Waals surface area contributed by atoms with E-state index >= 15 is 0 Å². The molecule has 0 aliphatic rings. The van der Waals surface area contributed by atoms with Crippen molar-refractivity contribution in [2.75, 3.05) is 0 Å². The highest BCUT2D eigenvalue weighted by Crippen LogP contribution is 2.45. The summed E-state index contributed by atoms with van der Waals surface area (Å²) < 4.78 is 81.3. The van der Waals surface area contributed by atoms with E-state index in [2.05, 4.69) is 0 Å². The van der Waals surface area contributed by atoms with Crippen molar-refractivity contribution in [1.29, 1.82) is 0 Å². The maximum Gasteiger partial charge on any atom is 0.231 e. The number of phenolic OH excluding ortho intramolecular Hbond substituents is 2. The number of aromatic hydroxyl groups is 2. The van der Waals surface area contributed by atoms with Crippen molar-refractivity contribution < 1.29 is 36.2 Å². The SMILES string of the molecule is CC(c1cc(F)c(O)c(F)c1)(c1cc(F)c(O)c(F)c1)c1ccccc1S(=O)(=O)I. The van der Waals surface area contributed by atoms with E-state index in [1.165, 1.54) is 52.4 Å². The van der Waals surface area contributed by atoms with Gasteiger partial charge in [0.1, 0.15) is 0 Å². The van der Waals surface area contributed by atoms with Crippen LogP contribution in [-0.2, 0) is 12.4 Å². The lowest BCUT2D eigenvalue weighted by Gasteiger charge is -2.33. The van der Waals surface area contributed by atoms with Gasteiger partial charge in [0.15, 0.2) is 34.8 Å². The minimum absolute atomic E-state index is 0.0200. The van der Waals surface area contributed by atoms with E-state index in [9.17, 15) is 36.2 Å². The molecule has 0 aliphatic heterocycles. The molecule has 0 saturated heterocycles. The minimum atomic E-state index is -3.89. The second-order valence-corrected chi connectivity index (χ2v) is 11.4. The topological polar surface area (TPSA) is 74.6 Å². The van der Waals surface area contributed by atoms with Crippen molar-refractivity contribution in [3.05, 3.63) is 88.5 Å². The molecule has 4 nitrogen and oxygen atoms in total. The fraction of sp³-hybridized carbons (Fsp3) is 0.100. The molecule has 3 rings (SSSR count). The zero-order valence-corrected chi connectivity index (χ0v) is 18.1. The van der Waals surface area contributed by atoms with Crippen LogP contribution in [0.1, 0.15) is 23.6 Å². The fourth-order valence-electron chi connectivity index (χ4n) is 3.28. The lowest BCUT2D eigenvalue weighted by atomic mass is 9.71. The molecule has 10 heteroatoms. The van der Waals surface area contributed by atoms with Gasteiger partial charge < -0.3 is 10.2 Å². The van der Waals surface area contributed by atoms with Crippen molar-refractivity contribution in [1.82, 2.24) is 0 Å². The zero-order chi connectivity index (χ0) is 22.4. The Hall–Kier alpha value is -2.34. The predicted molar refractivity (Wildman–Crippen MR) is 109 cm³/mol. The van der Waals surface area contributed by atoms with Gasteiger partial charge in [-0.2, -0.15) is 0 Å². The van der Waals surface area contributed by atoms with E-state index in [-0.39, 0.29) is 21.6 Å². The number of phenols is 2. The maximum atomic E-state index is 14.2. The van der Waals surface area contributed by atoms with Gasteiger partial charge in [0.05, 0.1) is 26.1 Å². The third-order valence-electron chi connectivity index (χ3n) is 4.88. The lowest BCUT2D eigenvalue weighted by Crippen LogP contribution is -2.28. The van der Waals surface area contributed by atoms with Crippen LogP contribution in [0.25, 0.3) is 0 Å². The van der Waals surface area contributed by atoms with E-state index in [0.717, 1.165) is 24.3 Å². The molecule has 0 fully saturated rings. The van der Waals surface area contributed by atoms with Crippen LogP contribution >= 0.6 is 21.2 Å². The maximum absolute atomic E-state index is 14.2.